The molecule has 128 valence electrons. The second-order valence-corrected chi connectivity index (χ2v) is 5.34. The Kier molecular flexibility index (Phi) is 6.00. The molecular weight excluding hydrogens is 328 g/mol. The highest BCUT2D eigenvalue weighted by Gasteiger charge is 2.13. The lowest BCUT2D eigenvalue weighted by atomic mass is 10.1. The van der Waals surface area contributed by atoms with Gasteiger partial charge in [-0.05, 0) is 6.92 Å². The molecule has 2 aromatic heterocycles. The minimum absolute atomic E-state index is 0. The Hall–Kier alpha value is -2.31. The predicted octanol–water partition coefficient (Wildman–Crippen LogP) is 3.10. The van der Waals surface area contributed by atoms with E-state index in [0.29, 0.717) is 13.1 Å². The van der Waals surface area contributed by atoms with Crippen LogP contribution in [0.5, 0.6) is 5.88 Å². The van der Waals surface area contributed by atoms with Crippen molar-refractivity contribution in [3.63, 3.8) is 0 Å². The van der Waals surface area contributed by atoms with Crippen LogP contribution in [0.3, 0.4) is 0 Å². The van der Waals surface area contributed by atoms with Gasteiger partial charge in [0.2, 0.25) is 5.88 Å². The van der Waals surface area contributed by atoms with Gasteiger partial charge in [-0.1, -0.05) is 35.5 Å². The fourth-order valence-corrected chi connectivity index (χ4v) is 2.59. The first-order valence-electron chi connectivity index (χ1n) is 7.47. The lowest BCUT2D eigenvalue weighted by Gasteiger charge is -2.05. The summed E-state index contributed by atoms with van der Waals surface area (Å²) in [4.78, 5) is 0. The first-order valence-corrected chi connectivity index (χ1v) is 7.47. The SMILES string of the molecule is COc1c(CNCc2cc(-c3ccccc3)no2)c(C)nn1C.Cl. The zero-order chi connectivity index (χ0) is 16.2. The molecule has 3 rings (SSSR count). The van der Waals surface area contributed by atoms with Crippen LogP contribution in [-0.4, -0.2) is 22.0 Å². The van der Waals surface area contributed by atoms with Gasteiger partial charge in [-0.15, -0.1) is 12.4 Å². The number of hydrogen-bond acceptors (Lipinski definition) is 5. The Morgan fingerprint density at radius 2 is 1.96 bits per heavy atom. The van der Waals surface area contributed by atoms with E-state index < -0.39 is 0 Å². The minimum Gasteiger partial charge on any atom is -0.481 e. The number of rotatable bonds is 6. The number of halogens is 1. The molecule has 0 bridgehead atoms. The molecule has 6 nitrogen and oxygen atoms in total. The summed E-state index contributed by atoms with van der Waals surface area (Å²) >= 11 is 0. The molecule has 0 aliphatic heterocycles. The van der Waals surface area contributed by atoms with Gasteiger partial charge in [-0.3, -0.25) is 0 Å². The molecule has 2 heterocycles. The predicted molar refractivity (Wildman–Crippen MR) is 94.2 cm³/mol. The number of nitrogens with one attached hydrogen (secondary N) is 1. The fraction of sp³-hybridized carbons (Fsp3) is 0.294. The summed E-state index contributed by atoms with van der Waals surface area (Å²) in [5.41, 5.74) is 3.90. The van der Waals surface area contributed by atoms with Crippen molar-refractivity contribution in [2.24, 2.45) is 7.05 Å². The highest BCUT2D eigenvalue weighted by atomic mass is 35.5. The average molecular weight is 349 g/mol. The number of aromatic nitrogens is 3. The quantitative estimate of drug-likeness (QED) is 0.741. The number of ether oxygens (including phenoxy) is 1. The van der Waals surface area contributed by atoms with Crippen LogP contribution in [0.25, 0.3) is 11.3 Å². The van der Waals surface area contributed by atoms with Crippen molar-refractivity contribution in [1.29, 1.82) is 0 Å². The monoisotopic (exact) mass is 348 g/mol. The Balaban J connectivity index is 0.00000208. The van der Waals surface area contributed by atoms with Crippen LogP contribution in [0.1, 0.15) is 17.0 Å². The molecule has 0 aliphatic carbocycles. The lowest BCUT2D eigenvalue weighted by molar-refractivity contribution is 0.362. The Morgan fingerprint density at radius 1 is 1.21 bits per heavy atom. The Bertz CT molecular complexity index is 783. The van der Waals surface area contributed by atoms with Crippen LogP contribution in [0.15, 0.2) is 40.9 Å². The number of methoxy groups -OCH3 is 1. The van der Waals surface area contributed by atoms with Crippen LogP contribution < -0.4 is 10.1 Å². The lowest BCUT2D eigenvalue weighted by Crippen LogP contribution is -2.13. The molecule has 0 spiro atoms. The number of nitrogens with zero attached hydrogens (tertiary/aromatic N) is 3. The molecule has 0 saturated carbocycles. The highest BCUT2D eigenvalue weighted by molar-refractivity contribution is 5.85. The third kappa shape index (κ3) is 3.77. The second-order valence-electron chi connectivity index (χ2n) is 5.34. The molecule has 0 radical (unpaired) electrons. The van der Waals surface area contributed by atoms with Gasteiger partial charge in [0.1, 0.15) is 5.69 Å². The van der Waals surface area contributed by atoms with E-state index in [0.717, 1.165) is 34.2 Å². The van der Waals surface area contributed by atoms with Crippen molar-refractivity contribution >= 4 is 12.4 Å². The van der Waals surface area contributed by atoms with E-state index in [-0.39, 0.29) is 12.4 Å². The van der Waals surface area contributed by atoms with Crippen molar-refractivity contribution in [1.82, 2.24) is 20.3 Å². The first-order chi connectivity index (χ1) is 11.2. The summed E-state index contributed by atoms with van der Waals surface area (Å²) in [5.74, 6) is 1.57. The summed E-state index contributed by atoms with van der Waals surface area (Å²) < 4.78 is 12.5. The van der Waals surface area contributed by atoms with Gasteiger partial charge in [-0.25, -0.2) is 4.68 Å². The van der Waals surface area contributed by atoms with E-state index in [4.69, 9.17) is 9.26 Å². The molecule has 0 aliphatic rings. The van der Waals surface area contributed by atoms with Gasteiger partial charge in [0, 0.05) is 25.2 Å². The third-order valence-electron chi connectivity index (χ3n) is 3.71. The van der Waals surface area contributed by atoms with Crippen molar-refractivity contribution < 1.29 is 9.26 Å². The standard InChI is InChI=1S/C17H20N4O2.ClH/c1-12-15(17(22-3)21(2)19-12)11-18-10-14-9-16(20-23-14)13-7-5-4-6-8-13;/h4-9,18H,10-11H2,1-3H3;1H. The van der Waals surface area contributed by atoms with E-state index in [9.17, 15) is 0 Å². The first kappa shape index (κ1) is 18.0. The molecule has 0 unspecified atom stereocenters. The van der Waals surface area contributed by atoms with Crippen LogP contribution in [0, 0.1) is 6.92 Å². The molecule has 0 amide bonds. The van der Waals surface area contributed by atoms with E-state index in [1.807, 2.05) is 50.4 Å². The zero-order valence-corrected chi connectivity index (χ0v) is 14.8. The zero-order valence-electron chi connectivity index (χ0n) is 13.9. The smallest absolute Gasteiger partial charge is 0.216 e. The Morgan fingerprint density at radius 3 is 2.67 bits per heavy atom. The second kappa shape index (κ2) is 7.99. The van der Waals surface area contributed by atoms with Gasteiger partial charge >= 0.3 is 0 Å². The maximum absolute atomic E-state index is 5.39. The van der Waals surface area contributed by atoms with Crippen LogP contribution in [-0.2, 0) is 20.1 Å². The van der Waals surface area contributed by atoms with Gasteiger partial charge in [-0.2, -0.15) is 5.10 Å². The average Bonchev–Trinajstić information content (AvgIpc) is 3.13. The summed E-state index contributed by atoms with van der Waals surface area (Å²) in [6.07, 6.45) is 0. The Labute approximate surface area is 147 Å². The molecule has 3 aromatic rings. The van der Waals surface area contributed by atoms with Crippen molar-refractivity contribution in [2.75, 3.05) is 7.11 Å². The van der Waals surface area contributed by atoms with Crippen molar-refractivity contribution in [2.45, 2.75) is 20.0 Å². The van der Waals surface area contributed by atoms with E-state index in [2.05, 4.69) is 15.6 Å². The molecule has 1 N–H and O–H groups in total. The number of benzene rings is 1. The maximum Gasteiger partial charge on any atom is 0.216 e. The largest absolute Gasteiger partial charge is 0.481 e. The normalized spacial score (nSPS) is 10.5. The van der Waals surface area contributed by atoms with Gasteiger partial charge in [0.05, 0.1) is 24.9 Å². The van der Waals surface area contributed by atoms with E-state index in [1.54, 1.807) is 11.8 Å². The van der Waals surface area contributed by atoms with Crippen LogP contribution in [0.4, 0.5) is 0 Å². The topological polar surface area (TPSA) is 65.1 Å². The van der Waals surface area contributed by atoms with Gasteiger partial charge in [0.25, 0.3) is 0 Å². The molecule has 0 saturated heterocycles. The minimum atomic E-state index is 0. The highest BCUT2D eigenvalue weighted by Crippen LogP contribution is 2.21. The van der Waals surface area contributed by atoms with E-state index >= 15 is 0 Å². The van der Waals surface area contributed by atoms with Crippen molar-refractivity contribution in [3.05, 3.63) is 53.4 Å². The van der Waals surface area contributed by atoms with Gasteiger partial charge < -0.3 is 14.6 Å². The summed E-state index contributed by atoms with van der Waals surface area (Å²) in [7, 11) is 3.53. The molecule has 1 aromatic carbocycles. The summed E-state index contributed by atoms with van der Waals surface area (Å²) in [6, 6.07) is 11.9. The molecule has 7 heteroatoms. The molecule has 0 fully saturated rings. The fourth-order valence-electron chi connectivity index (χ4n) is 2.59. The molecule has 0 atom stereocenters. The summed E-state index contributed by atoms with van der Waals surface area (Å²) in [5, 5.41) is 11.8. The van der Waals surface area contributed by atoms with Gasteiger partial charge in [0.15, 0.2) is 5.76 Å². The third-order valence-corrected chi connectivity index (χ3v) is 3.71. The molecule has 24 heavy (non-hydrogen) atoms. The molecular formula is C17H21ClN4O2. The number of hydrogen-bond donors (Lipinski definition) is 1. The van der Waals surface area contributed by atoms with Crippen molar-refractivity contribution in [3.8, 4) is 17.1 Å². The van der Waals surface area contributed by atoms with E-state index in [1.165, 1.54) is 0 Å². The van der Waals surface area contributed by atoms with Crippen LogP contribution in [0.2, 0.25) is 0 Å². The maximum atomic E-state index is 5.39. The number of aryl methyl sites for hydroxylation is 2. The summed E-state index contributed by atoms with van der Waals surface area (Å²) in [6.45, 7) is 3.23. The van der Waals surface area contributed by atoms with Crippen LogP contribution >= 0.6 is 12.4 Å².